The first-order valence-corrected chi connectivity index (χ1v) is 8.36. The summed E-state index contributed by atoms with van der Waals surface area (Å²) in [5.74, 6) is -0.961. The first-order valence-electron chi connectivity index (χ1n) is 5.98. The smallest absolute Gasteiger partial charge is 0.173 e. The zero-order chi connectivity index (χ0) is 16.4. The Hall–Kier alpha value is -0.960. The van der Waals surface area contributed by atoms with Crippen LogP contribution < -0.4 is 0 Å². The van der Waals surface area contributed by atoms with E-state index >= 15 is 0 Å². The van der Waals surface area contributed by atoms with E-state index in [4.69, 9.17) is 4.74 Å². The first kappa shape index (κ1) is 17.4. The molecule has 0 amide bonds. The van der Waals surface area contributed by atoms with Gasteiger partial charge < -0.3 is 25.2 Å². The summed E-state index contributed by atoms with van der Waals surface area (Å²) in [6.45, 7) is 0.348. The summed E-state index contributed by atoms with van der Waals surface area (Å²) in [7, 11) is 0. The minimum Gasteiger partial charge on any atom is -0.504 e. The van der Waals surface area contributed by atoms with Crippen LogP contribution in [0.4, 0.5) is 0 Å². The molecule has 0 saturated heterocycles. The quantitative estimate of drug-likeness (QED) is 0.466. The van der Waals surface area contributed by atoms with E-state index in [0.29, 0.717) is 24.5 Å². The number of rotatable bonds is 4. The van der Waals surface area contributed by atoms with E-state index in [-0.39, 0.29) is 36.2 Å². The van der Waals surface area contributed by atoms with Crippen molar-refractivity contribution in [2.75, 3.05) is 0 Å². The first-order chi connectivity index (χ1) is 10.3. The van der Waals surface area contributed by atoms with Crippen LogP contribution in [0.2, 0.25) is 0 Å². The highest BCUT2D eigenvalue weighted by atomic mass is 79.9. The minimum atomic E-state index is -0.253. The van der Waals surface area contributed by atoms with Gasteiger partial charge in [-0.05, 0) is 71.0 Å². The summed E-state index contributed by atoms with van der Waals surface area (Å²) in [5.41, 5.74) is 1.30. The lowest BCUT2D eigenvalue weighted by Crippen LogP contribution is -1.97. The van der Waals surface area contributed by atoms with Gasteiger partial charge in [-0.15, -0.1) is 0 Å². The normalized spacial score (nSPS) is 10.9. The Morgan fingerprint density at radius 2 is 1.32 bits per heavy atom. The van der Waals surface area contributed by atoms with Gasteiger partial charge in [-0.3, -0.25) is 0 Å². The molecule has 0 fully saturated rings. The third kappa shape index (κ3) is 3.51. The van der Waals surface area contributed by atoms with Gasteiger partial charge in [0.1, 0.15) is 0 Å². The molecular weight excluding hydrogens is 488 g/mol. The zero-order valence-electron chi connectivity index (χ0n) is 11.0. The largest absolute Gasteiger partial charge is 0.504 e. The van der Waals surface area contributed by atoms with E-state index in [0.717, 1.165) is 0 Å². The molecule has 0 aliphatic heterocycles. The Morgan fingerprint density at radius 3 is 2.00 bits per heavy atom. The molecule has 0 aliphatic rings. The number of hydrogen-bond acceptors (Lipinski definition) is 5. The number of halogens is 3. The number of benzene rings is 2. The monoisotopic (exact) mass is 496 g/mol. The third-order valence-corrected chi connectivity index (χ3v) is 6.02. The number of phenolic OH excluding ortho intramolecular Hbond substituents is 4. The summed E-state index contributed by atoms with van der Waals surface area (Å²) < 4.78 is 6.83. The lowest BCUT2D eigenvalue weighted by Gasteiger charge is -2.12. The van der Waals surface area contributed by atoms with Crippen LogP contribution in [0.3, 0.4) is 0 Å². The maximum Gasteiger partial charge on any atom is 0.173 e. The van der Waals surface area contributed by atoms with Crippen LogP contribution in [-0.2, 0) is 18.0 Å². The van der Waals surface area contributed by atoms with Gasteiger partial charge >= 0.3 is 0 Å². The van der Waals surface area contributed by atoms with Crippen molar-refractivity contribution in [3.05, 3.63) is 42.7 Å². The maximum atomic E-state index is 9.62. The van der Waals surface area contributed by atoms with Gasteiger partial charge in [0.15, 0.2) is 23.0 Å². The van der Waals surface area contributed by atoms with Gasteiger partial charge in [0.25, 0.3) is 0 Å². The van der Waals surface area contributed by atoms with Crippen molar-refractivity contribution in [1.82, 2.24) is 0 Å². The van der Waals surface area contributed by atoms with Crippen molar-refractivity contribution >= 4 is 47.8 Å². The van der Waals surface area contributed by atoms with E-state index < -0.39 is 0 Å². The van der Waals surface area contributed by atoms with E-state index in [1.807, 2.05) is 0 Å². The lowest BCUT2D eigenvalue weighted by molar-refractivity contribution is 0.106. The lowest BCUT2D eigenvalue weighted by atomic mass is 10.2. The maximum absolute atomic E-state index is 9.62. The van der Waals surface area contributed by atoms with Crippen molar-refractivity contribution in [2.24, 2.45) is 0 Å². The average Bonchev–Trinajstić information content (AvgIpc) is 2.50. The summed E-state index contributed by atoms with van der Waals surface area (Å²) in [6.07, 6.45) is 0. The van der Waals surface area contributed by atoms with E-state index in [2.05, 4.69) is 47.8 Å². The molecule has 0 saturated carbocycles. The van der Waals surface area contributed by atoms with E-state index in [1.165, 1.54) is 12.1 Å². The van der Waals surface area contributed by atoms with Crippen molar-refractivity contribution in [3.63, 3.8) is 0 Å². The molecule has 0 heterocycles. The molecule has 2 aromatic carbocycles. The Kier molecular flexibility index (Phi) is 5.60. The van der Waals surface area contributed by atoms with Crippen LogP contribution in [0.25, 0.3) is 0 Å². The fourth-order valence-electron chi connectivity index (χ4n) is 1.74. The van der Waals surface area contributed by atoms with Crippen LogP contribution in [0.5, 0.6) is 23.0 Å². The van der Waals surface area contributed by atoms with Gasteiger partial charge in [-0.2, -0.15) is 0 Å². The van der Waals surface area contributed by atoms with Crippen LogP contribution >= 0.6 is 47.8 Å². The predicted octanol–water partition coefficient (Wildman–Crippen LogP) is 4.51. The molecule has 0 spiro atoms. The van der Waals surface area contributed by atoms with E-state index in [9.17, 15) is 20.4 Å². The molecule has 118 valence electrons. The van der Waals surface area contributed by atoms with E-state index in [1.54, 1.807) is 6.07 Å². The summed E-state index contributed by atoms with van der Waals surface area (Å²) in [4.78, 5) is 0. The molecule has 2 aromatic rings. The highest BCUT2D eigenvalue weighted by molar-refractivity contribution is 9.13. The van der Waals surface area contributed by atoms with Crippen molar-refractivity contribution < 1.29 is 25.2 Å². The highest BCUT2D eigenvalue weighted by Gasteiger charge is 2.14. The Bertz CT molecular complexity index is 718. The van der Waals surface area contributed by atoms with Gasteiger partial charge in [0, 0.05) is 4.47 Å². The average molecular weight is 499 g/mol. The minimum absolute atomic E-state index is 0.168. The molecular formula is C14H11Br3O5. The second-order valence-electron chi connectivity index (χ2n) is 4.43. The predicted molar refractivity (Wildman–Crippen MR) is 91.1 cm³/mol. The fraction of sp³-hybridized carbons (Fsp3) is 0.143. The molecule has 0 aliphatic carbocycles. The van der Waals surface area contributed by atoms with Crippen LogP contribution in [0, 0.1) is 0 Å². The Balaban J connectivity index is 2.11. The van der Waals surface area contributed by atoms with Crippen LogP contribution in [-0.4, -0.2) is 20.4 Å². The van der Waals surface area contributed by atoms with Crippen molar-refractivity contribution in [3.8, 4) is 23.0 Å². The Labute approximate surface area is 151 Å². The van der Waals surface area contributed by atoms with Crippen molar-refractivity contribution in [2.45, 2.75) is 13.2 Å². The number of hydrogen-bond donors (Lipinski definition) is 4. The van der Waals surface area contributed by atoms with Gasteiger partial charge in [0.05, 0.1) is 22.2 Å². The van der Waals surface area contributed by atoms with Gasteiger partial charge in [-0.1, -0.05) is 6.07 Å². The van der Waals surface area contributed by atoms with Gasteiger partial charge in [0.2, 0.25) is 0 Å². The molecule has 8 heteroatoms. The number of ether oxygens (including phenoxy) is 1. The molecule has 0 aromatic heterocycles. The highest BCUT2D eigenvalue weighted by Crippen LogP contribution is 2.41. The van der Waals surface area contributed by atoms with Crippen LogP contribution in [0.15, 0.2) is 31.6 Å². The third-order valence-electron chi connectivity index (χ3n) is 2.93. The van der Waals surface area contributed by atoms with Gasteiger partial charge in [-0.25, -0.2) is 0 Å². The molecule has 0 radical (unpaired) electrons. The fourth-order valence-corrected chi connectivity index (χ4v) is 3.06. The summed E-state index contributed by atoms with van der Waals surface area (Å²) in [6, 6.07) is 4.39. The summed E-state index contributed by atoms with van der Waals surface area (Å²) >= 11 is 9.66. The number of phenols is 4. The summed E-state index contributed by atoms with van der Waals surface area (Å²) in [5, 5.41) is 38.2. The molecule has 2 rings (SSSR count). The molecule has 22 heavy (non-hydrogen) atoms. The van der Waals surface area contributed by atoms with Crippen molar-refractivity contribution in [1.29, 1.82) is 0 Å². The zero-order valence-corrected chi connectivity index (χ0v) is 15.7. The SMILES string of the molecule is Oc1ccc(COCc2cc(O)c(O)c(Br)c2Br)c(Br)c1O. The van der Waals surface area contributed by atoms with Crippen LogP contribution in [0.1, 0.15) is 11.1 Å². The topological polar surface area (TPSA) is 90.2 Å². The Morgan fingerprint density at radius 1 is 0.727 bits per heavy atom. The second-order valence-corrected chi connectivity index (χ2v) is 6.81. The number of aromatic hydroxyl groups is 4. The molecule has 5 nitrogen and oxygen atoms in total. The molecule has 4 N–H and O–H groups in total. The standard InChI is InChI=1S/C14H11Br3O5/c15-10-7(3-9(19)14(21)12(10)17)5-22-4-6-1-2-8(18)13(20)11(6)16/h1-3,18-21H,4-5H2. The molecule has 0 unspecified atom stereocenters. The molecule has 0 atom stereocenters. The second kappa shape index (κ2) is 7.08. The molecule has 0 bridgehead atoms.